The number of anilines is 1. The van der Waals surface area contributed by atoms with E-state index < -0.39 is 0 Å². The summed E-state index contributed by atoms with van der Waals surface area (Å²) in [5.74, 6) is 0. The first-order valence-corrected chi connectivity index (χ1v) is 8.11. The van der Waals surface area contributed by atoms with E-state index in [-0.39, 0.29) is 7.43 Å². The summed E-state index contributed by atoms with van der Waals surface area (Å²) in [6, 6.07) is 13.4. The molecule has 0 bridgehead atoms. The van der Waals surface area contributed by atoms with Crippen molar-refractivity contribution in [2.45, 2.75) is 33.1 Å². The Morgan fingerprint density at radius 3 is 2.50 bits per heavy atom. The average Bonchev–Trinajstić information content (AvgIpc) is 2.78. The highest BCUT2D eigenvalue weighted by Gasteiger charge is 2.21. The van der Waals surface area contributed by atoms with Gasteiger partial charge in [-0.1, -0.05) is 43.8 Å². The minimum absolute atomic E-state index is 0. The van der Waals surface area contributed by atoms with Gasteiger partial charge in [0.25, 0.3) is 0 Å². The molecule has 4 rings (SSSR count). The van der Waals surface area contributed by atoms with Crippen molar-refractivity contribution in [2.75, 3.05) is 25.0 Å². The molecule has 0 fully saturated rings. The third-order valence-electron chi connectivity index (χ3n) is 4.72. The highest BCUT2D eigenvalue weighted by Crippen LogP contribution is 2.39. The Hall–Kier alpha value is -1.80. The van der Waals surface area contributed by atoms with Gasteiger partial charge in [-0.15, -0.1) is 0 Å². The van der Waals surface area contributed by atoms with Crippen molar-refractivity contribution >= 4 is 5.69 Å². The van der Waals surface area contributed by atoms with Crippen LogP contribution in [0.3, 0.4) is 0 Å². The van der Waals surface area contributed by atoms with Crippen molar-refractivity contribution in [2.24, 2.45) is 0 Å². The Bertz CT molecular complexity index is 647. The predicted molar refractivity (Wildman–Crippen MR) is 95.7 cm³/mol. The Morgan fingerprint density at radius 1 is 0.818 bits per heavy atom. The summed E-state index contributed by atoms with van der Waals surface area (Å²) in [6.07, 6.45) is 4.75. The molecule has 2 aromatic rings. The predicted octanol–water partition coefficient (Wildman–Crippen LogP) is 4.04. The number of benzene rings is 2. The molecule has 0 amide bonds. The fourth-order valence-corrected chi connectivity index (χ4v) is 3.73. The number of hydrogen-bond acceptors (Lipinski definition) is 2. The quantitative estimate of drug-likeness (QED) is 0.829. The molecule has 0 radical (unpaired) electrons. The smallest absolute Gasteiger partial charge is 0.0455 e. The zero-order valence-electron chi connectivity index (χ0n) is 12.4. The van der Waals surface area contributed by atoms with Crippen LogP contribution in [0.25, 0.3) is 11.1 Å². The first kappa shape index (κ1) is 15.1. The number of hydrogen-bond donors (Lipinski definition) is 2. The van der Waals surface area contributed by atoms with Gasteiger partial charge in [-0.2, -0.15) is 0 Å². The zero-order chi connectivity index (χ0) is 14.1. The molecule has 0 spiro atoms. The van der Waals surface area contributed by atoms with E-state index >= 15 is 0 Å². The van der Waals surface area contributed by atoms with Gasteiger partial charge in [0.05, 0.1) is 0 Å². The van der Waals surface area contributed by atoms with Gasteiger partial charge < -0.3 is 10.6 Å². The van der Waals surface area contributed by atoms with E-state index in [1.165, 1.54) is 35.2 Å². The molecule has 0 aliphatic carbocycles. The fourth-order valence-electron chi connectivity index (χ4n) is 3.73. The number of rotatable bonds is 1. The molecular weight excluding hydrogens is 268 g/mol. The lowest BCUT2D eigenvalue weighted by Gasteiger charge is -2.26. The van der Waals surface area contributed by atoms with E-state index in [4.69, 9.17) is 0 Å². The molecule has 0 aromatic heterocycles. The lowest BCUT2D eigenvalue weighted by atomic mass is 9.86. The van der Waals surface area contributed by atoms with Gasteiger partial charge in [0, 0.05) is 17.8 Å². The third-order valence-corrected chi connectivity index (χ3v) is 4.72. The van der Waals surface area contributed by atoms with Gasteiger partial charge in [-0.05, 0) is 61.0 Å². The standard InChI is InChI=1S/C19H22N2.CH4/c1-2-5-14(6-3-1)18-17-9-12-20-11-8-15(17)13-16-7-4-10-21-19(16)18;/h1-3,5-6,13,20-21H,4,7-12H2;1H4. The zero-order valence-corrected chi connectivity index (χ0v) is 12.4. The van der Waals surface area contributed by atoms with Crippen LogP contribution in [0, 0.1) is 0 Å². The fraction of sp³-hybridized carbons (Fsp3) is 0.400. The largest absolute Gasteiger partial charge is 0.384 e. The Kier molecular flexibility index (Phi) is 4.49. The molecule has 116 valence electrons. The molecule has 22 heavy (non-hydrogen) atoms. The molecule has 2 heterocycles. The second kappa shape index (κ2) is 6.53. The van der Waals surface area contributed by atoms with Crippen LogP contribution in [0.5, 0.6) is 0 Å². The van der Waals surface area contributed by atoms with Crippen LogP contribution in [0.2, 0.25) is 0 Å². The lowest BCUT2D eigenvalue weighted by molar-refractivity contribution is 0.711. The SMILES string of the molecule is C.c1ccc(-c2c3c(cc4c2NCCC4)CCNCC3)cc1. The Labute approximate surface area is 134 Å². The summed E-state index contributed by atoms with van der Waals surface area (Å²) >= 11 is 0. The molecule has 2 heteroatoms. The maximum atomic E-state index is 3.68. The molecule has 0 unspecified atom stereocenters. The minimum Gasteiger partial charge on any atom is -0.384 e. The van der Waals surface area contributed by atoms with Gasteiger partial charge in [0.15, 0.2) is 0 Å². The van der Waals surface area contributed by atoms with Crippen LogP contribution in [0.1, 0.15) is 30.5 Å². The number of aryl methyl sites for hydroxylation is 1. The molecule has 0 saturated carbocycles. The molecule has 2 nitrogen and oxygen atoms in total. The first-order valence-electron chi connectivity index (χ1n) is 8.11. The maximum Gasteiger partial charge on any atom is 0.0455 e. The second-order valence-electron chi connectivity index (χ2n) is 6.07. The third kappa shape index (κ3) is 2.64. The topological polar surface area (TPSA) is 24.1 Å². The van der Waals surface area contributed by atoms with E-state index in [1.54, 1.807) is 11.1 Å². The van der Waals surface area contributed by atoms with Crippen molar-refractivity contribution in [3.05, 3.63) is 53.1 Å². The highest BCUT2D eigenvalue weighted by molar-refractivity contribution is 5.85. The molecule has 2 N–H and O–H groups in total. The van der Waals surface area contributed by atoms with Crippen LogP contribution >= 0.6 is 0 Å². The summed E-state index contributed by atoms with van der Waals surface area (Å²) in [7, 11) is 0. The Morgan fingerprint density at radius 2 is 1.64 bits per heavy atom. The van der Waals surface area contributed by atoms with Gasteiger partial charge in [0.1, 0.15) is 0 Å². The molecule has 0 atom stereocenters. The van der Waals surface area contributed by atoms with Gasteiger partial charge in [-0.25, -0.2) is 0 Å². The van der Waals surface area contributed by atoms with Crippen molar-refractivity contribution in [3.8, 4) is 11.1 Å². The lowest BCUT2D eigenvalue weighted by Crippen LogP contribution is -2.16. The molecule has 0 saturated heterocycles. The molecule has 2 aromatic carbocycles. The van der Waals surface area contributed by atoms with Gasteiger partial charge in [-0.3, -0.25) is 0 Å². The summed E-state index contributed by atoms with van der Waals surface area (Å²) in [6.45, 7) is 3.29. The van der Waals surface area contributed by atoms with Crippen LogP contribution in [0.15, 0.2) is 36.4 Å². The van der Waals surface area contributed by atoms with Crippen LogP contribution in [-0.2, 0) is 19.3 Å². The van der Waals surface area contributed by atoms with Crippen molar-refractivity contribution < 1.29 is 0 Å². The monoisotopic (exact) mass is 294 g/mol. The van der Waals surface area contributed by atoms with Crippen LogP contribution < -0.4 is 10.6 Å². The Balaban J connectivity index is 0.00000144. The summed E-state index contributed by atoms with van der Waals surface area (Å²) in [4.78, 5) is 0. The number of nitrogens with one attached hydrogen (secondary N) is 2. The maximum absolute atomic E-state index is 3.68. The summed E-state index contributed by atoms with van der Waals surface area (Å²) in [5.41, 5.74) is 8.85. The summed E-state index contributed by atoms with van der Waals surface area (Å²) < 4.78 is 0. The van der Waals surface area contributed by atoms with Gasteiger partial charge in [0.2, 0.25) is 0 Å². The van der Waals surface area contributed by atoms with E-state index in [9.17, 15) is 0 Å². The van der Waals surface area contributed by atoms with E-state index in [0.29, 0.717) is 0 Å². The van der Waals surface area contributed by atoms with Crippen molar-refractivity contribution in [3.63, 3.8) is 0 Å². The molecule has 2 aliphatic rings. The molecule has 2 aliphatic heterocycles. The van der Waals surface area contributed by atoms with Gasteiger partial charge >= 0.3 is 0 Å². The van der Waals surface area contributed by atoms with Crippen molar-refractivity contribution in [1.82, 2.24) is 5.32 Å². The van der Waals surface area contributed by atoms with E-state index in [0.717, 1.165) is 32.5 Å². The van der Waals surface area contributed by atoms with Crippen LogP contribution in [0.4, 0.5) is 5.69 Å². The molecular formula is C20H26N2. The average molecular weight is 294 g/mol. The van der Waals surface area contributed by atoms with Crippen LogP contribution in [-0.4, -0.2) is 19.6 Å². The second-order valence-corrected chi connectivity index (χ2v) is 6.07. The minimum atomic E-state index is 0. The van der Waals surface area contributed by atoms with E-state index in [2.05, 4.69) is 47.0 Å². The number of fused-ring (bicyclic) bond motifs is 2. The summed E-state index contributed by atoms with van der Waals surface area (Å²) in [5, 5.41) is 7.22. The first-order chi connectivity index (χ1) is 10.4. The normalized spacial score (nSPS) is 16.5. The van der Waals surface area contributed by atoms with Crippen molar-refractivity contribution in [1.29, 1.82) is 0 Å². The van der Waals surface area contributed by atoms with E-state index in [1.807, 2.05) is 0 Å². The highest BCUT2D eigenvalue weighted by atomic mass is 14.9.